The van der Waals surface area contributed by atoms with Crippen molar-refractivity contribution < 1.29 is 18.1 Å². The van der Waals surface area contributed by atoms with Crippen LogP contribution in [0.5, 0.6) is 5.75 Å². The van der Waals surface area contributed by atoms with Crippen molar-refractivity contribution >= 4 is 27.6 Å². The highest BCUT2D eigenvalue weighted by Gasteiger charge is 2.25. The van der Waals surface area contributed by atoms with E-state index in [0.717, 1.165) is 30.2 Å². The Bertz CT molecular complexity index is 1000. The number of rotatable bonds is 12. The standard InChI is InChI=1S/C21H28N4O5S/c1-4-7-14-30-18-10-8-17(9-11-18)16-22-23-20-13-12-19(15-21(20)25(26)27)31(28,29)24(5-2)6-3/h8-13,15-16,23H,4-7,14H2,1-3H3/b22-16-. The third-order valence-corrected chi connectivity index (χ3v) is 6.60. The number of hydrogen-bond donors (Lipinski definition) is 1. The maximum Gasteiger partial charge on any atom is 0.295 e. The molecule has 0 aliphatic carbocycles. The van der Waals surface area contributed by atoms with Gasteiger partial charge in [0.25, 0.3) is 5.69 Å². The number of nitrogens with zero attached hydrogens (tertiary/aromatic N) is 3. The molecule has 0 aliphatic heterocycles. The predicted molar refractivity (Wildman–Crippen MR) is 121 cm³/mol. The molecule has 0 unspecified atom stereocenters. The summed E-state index contributed by atoms with van der Waals surface area (Å²) >= 11 is 0. The summed E-state index contributed by atoms with van der Waals surface area (Å²) in [4.78, 5) is 10.7. The average molecular weight is 449 g/mol. The van der Waals surface area contributed by atoms with E-state index in [9.17, 15) is 18.5 Å². The largest absolute Gasteiger partial charge is 0.494 e. The second-order valence-electron chi connectivity index (χ2n) is 6.67. The SMILES string of the molecule is CCCCOc1ccc(/C=N\Nc2ccc(S(=O)(=O)N(CC)CC)cc2[N+](=O)[O-])cc1. The van der Waals surface area contributed by atoms with Crippen LogP contribution in [0.2, 0.25) is 0 Å². The lowest BCUT2D eigenvalue weighted by atomic mass is 10.2. The summed E-state index contributed by atoms with van der Waals surface area (Å²) in [5.74, 6) is 0.763. The molecular formula is C21H28N4O5S. The fraction of sp³-hybridized carbons (Fsp3) is 0.381. The van der Waals surface area contributed by atoms with E-state index in [0.29, 0.717) is 6.61 Å². The minimum atomic E-state index is -3.80. The molecule has 0 fully saturated rings. The molecule has 0 radical (unpaired) electrons. The zero-order valence-electron chi connectivity index (χ0n) is 17.9. The predicted octanol–water partition coefficient (Wildman–Crippen LogP) is 4.25. The van der Waals surface area contributed by atoms with Gasteiger partial charge in [-0.15, -0.1) is 0 Å². The molecule has 0 bridgehead atoms. The summed E-state index contributed by atoms with van der Waals surface area (Å²) in [5.41, 5.74) is 3.13. The van der Waals surface area contributed by atoms with E-state index in [1.807, 2.05) is 24.3 Å². The van der Waals surface area contributed by atoms with Crippen molar-refractivity contribution in [3.8, 4) is 5.75 Å². The first kappa shape index (κ1) is 24.3. The van der Waals surface area contributed by atoms with E-state index < -0.39 is 14.9 Å². The van der Waals surface area contributed by atoms with E-state index in [1.54, 1.807) is 13.8 Å². The molecule has 1 N–H and O–H groups in total. The van der Waals surface area contributed by atoms with Gasteiger partial charge in [0, 0.05) is 19.2 Å². The number of ether oxygens (including phenoxy) is 1. The Hall–Kier alpha value is -2.98. The molecule has 0 saturated carbocycles. The number of nitrogens with one attached hydrogen (secondary N) is 1. The molecule has 9 nitrogen and oxygen atoms in total. The van der Waals surface area contributed by atoms with Crippen molar-refractivity contribution in [1.82, 2.24) is 4.31 Å². The summed E-state index contributed by atoms with van der Waals surface area (Å²) in [5, 5.41) is 15.5. The van der Waals surface area contributed by atoms with Crippen molar-refractivity contribution in [2.75, 3.05) is 25.1 Å². The van der Waals surface area contributed by atoms with Gasteiger partial charge >= 0.3 is 0 Å². The number of anilines is 1. The maximum atomic E-state index is 12.6. The second kappa shape index (κ2) is 11.4. The van der Waals surface area contributed by atoms with E-state index in [4.69, 9.17) is 4.74 Å². The fourth-order valence-electron chi connectivity index (χ4n) is 2.79. The van der Waals surface area contributed by atoms with Gasteiger partial charge in [-0.25, -0.2) is 8.42 Å². The van der Waals surface area contributed by atoms with Crippen LogP contribution in [0.4, 0.5) is 11.4 Å². The second-order valence-corrected chi connectivity index (χ2v) is 8.60. The van der Waals surface area contributed by atoms with Gasteiger partial charge < -0.3 is 4.74 Å². The molecule has 10 heteroatoms. The van der Waals surface area contributed by atoms with Crippen LogP contribution in [-0.4, -0.2) is 43.6 Å². The molecule has 2 rings (SSSR count). The third kappa shape index (κ3) is 6.50. The molecule has 0 saturated heterocycles. The number of unbranched alkanes of at least 4 members (excludes halogenated alkanes) is 1. The van der Waals surface area contributed by atoms with Crippen molar-refractivity contribution in [2.24, 2.45) is 5.10 Å². The highest BCUT2D eigenvalue weighted by atomic mass is 32.2. The number of sulfonamides is 1. The Kier molecular flexibility index (Phi) is 8.95. The van der Waals surface area contributed by atoms with E-state index >= 15 is 0 Å². The monoisotopic (exact) mass is 448 g/mol. The molecule has 31 heavy (non-hydrogen) atoms. The van der Waals surface area contributed by atoms with E-state index in [1.165, 1.54) is 22.7 Å². The summed E-state index contributed by atoms with van der Waals surface area (Å²) < 4.78 is 32.1. The highest BCUT2D eigenvalue weighted by molar-refractivity contribution is 7.89. The number of hydrazone groups is 1. The van der Waals surface area contributed by atoms with Gasteiger partial charge in [-0.05, 0) is 48.4 Å². The van der Waals surface area contributed by atoms with Crippen LogP contribution in [0.3, 0.4) is 0 Å². The van der Waals surface area contributed by atoms with Crippen LogP contribution < -0.4 is 10.2 Å². The Labute approximate surface area is 182 Å². The van der Waals surface area contributed by atoms with Gasteiger partial charge in [-0.1, -0.05) is 27.2 Å². The van der Waals surface area contributed by atoms with Crippen LogP contribution in [0.1, 0.15) is 39.2 Å². The van der Waals surface area contributed by atoms with E-state index in [2.05, 4.69) is 17.5 Å². The summed E-state index contributed by atoms with van der Waals surface area (Å²) in [7, 11) is -3.80. The van der Waals surface area contributed by atoms with Gasteiger partial charge in [0.2, 0.25) is 10.0 Å². The Morgan fingerprint density at radius 2 is 1.81 bits per heavy atom. The third-order valence-electron chi connectivity index (χ3n) is 4.55. The molecule has 2 aromatic carbocycles. The Morgan fingerprint density at radius 1 is 1.13 bits per heavy atom. The van der Waals surface area contributed by atoms with Gasteiger partial charge in [0.15, 0.2) is 0 Å². The van der Waals surface area contributed by atoms with E-state index in [-0.39, 0.29) is 29.4 Å². The molecule has 168 valence electrons. The quantitative estimate of drug-likeness (QED) is 0.225. The topological polar surface area (TPSA) is 114 Å². The number of nitro groups is 1. The number of hydrogen-bond acceptors (Lipinski definition) is 7. The van der Waals surface area contributed by atoms with Gasteiger partial charge in [-0.3, -0.25) is 15.5 Å². The van der Waals surface area contributed by atoms with Gasteiger partial charge in [-0.2, -0.15) is 9.41 Å². The van der Waals surface area contributed by atoms with Crippen molar-refractivity contribution in [3.05, 3.63) is 58.1 Å². The molecule has 0 amide bonds. The van der Waals surface area contributed by atoms with Crippen LogP contribution in [0.15, 0.2) is 52.5 Å². The average Bonchev–Trinajstić information content (AvgIpc) is 2.75. The zero-order valence-corrected chi connectivity index (χ0v) is 18.8. The molecule has 0 aliphatic rings. The summed E-state index contributed by atoms with van der Waals surface area (Å²) in [6.45, 7) is 6.74. The minimum absolute atomic E-state index is 0.0965. The maximum absolute atomic E-state index is 12.6. The highest BCUT2D eigenvalue weighted by Crippen LogP contribution is 2.29. The van der Waals surface area contributed by atoms with Gasteiger partial charge in [0.05, 0.1) is 22.6 Å². The lowest BCUT2D eigenvalue weighted by molar-refractivity contribution is -0.384. The van der Waals surface area contributed by atoms with Crippen LogP contribution in [0, 0.1) is 10.1 Å². The summed E-state index contributed by atoms with van der Waals surface area (Å²) in [6, 6.07) is 11.0. The molecule has 2 aromatic rings. The molecule has 0 aromatic heterocycles. The van der Waals surface area contributed by atoms with Gasteiger partial charge in [0.1, 0.15) is 11.4 Å². The molecule has 0 heterocycles. The lowest BCUT2D eigenvalue weighted by Crippen LogP contribution is -2.30. The number of benzene rings is 2. The first-order chi connectivity index (χ1) is 14.8. The lowest BCUT2D eigenvalue weighted by Gasteiger charge is -2.18. The normalized spacial score (nSPS) is 11.7. The molecule has 0 spiro atoms. The fourth-order valence-corrected chi connectivity index (χ4v) is 4.27. The minimum Gasteiger partial charge on any atom is -0.494 e. The Morgan fingerprint density at radius 3 is 2.39 bits per heavy atom. The van der Waals surface area contributed by atoms with Crippen LogP contribution in [-0.2, 0) is 10.0 Å². The molecule has 0 atom stereocenters. The summed E-state index contributed by atoms with van der Waals surface area (Å²) in [6.07, 6.45) is 3.56. The zero-order chi connectivity index (χ0) is 22.9. The van der Waals surface area contributed by atoms with Crippen molar-refractivity contribution in [1.29, 1.82) is 0 Å². The smallest absolute Gasteiger partial charge is 0.295 e. The molecular weight excluding hydrogens is 420 g/mol. The Balaban J connectivity index is 2.15. The first-order valence-corrected chi connectivity index (χ1v) is 11.6. The van der Waals surface area contributed by atoms with Crippen LogP contribution >= 0.6 is 0 Å². The van der Waals surface area contributed by atoms with Crippen molar-refractivity contribution in [2.45, 2.75) is 38.5 Å². The first-order valence-electron chi connectivity index (χ1n) is 10.1. The van der Waals surface area contributed by atoms with Crippen molar-refractivity contribution in [3.63, 3.8) is 0 Å². The number of nitro benzene ring substituents is 1. The van der Waals surface area contributed by atoms with Crippen LogP contribution in [0.25, 0.3) is 0 Å².